The lowest BCUT2D eigenvalue weighted by Gasteiger charge is -2.22. The number of nitrogens with zero attached hydrogens (tertiary/aromatic N) is 1. The maximum Gasteiger partial charge on any atom is 0.255 e. The number of methoxy groups -OCH3 is 1. The van der Waals surface area contributed by atoms with Gasteiger partial charge in [0.25, 0.3) is 5.91 Å². The van der Waals surface area contributed by atoms with Gasteiger partial charge in [-0.1, -0.05) is 19.1 Å². The fourth-order valence-electron chi connectivity index (χ4n) is 3.38. The lowest BCUT2D eigenvalue weighted by molar-refractivity contribution is 0.102. The molecule has 2 aromatic rings. The summed E-state index contributed by atoms with van der Waals surface area (Å²) in [5.74, 6) is 0.611. The second-order valence-electron chi connectivity index (χ2n) is 7.36. The van der Waals surface area contributed by atoms with Gasteiger partial charge in [0.1, 0.15) is 5.75 Å². The highest BCUT2D eigenvalue weighted by Crippen LogP contribution is 2.29. The van der Waals surface area contributed by atoms with Crippen LogP contribution in [0.25, 0.3) is 0 Å². The Hall–Kier alpha value is -2.37. The first-order valence-electron chi connectivity index (χ1n) is 8.98. The van der Waals surface area contributed by atoms with Crippen LogP contribution < -0.4 is 15.8 Å². The molecule has 0 saturated carbocycles. The number of likely N-dealkylation sites (tertiary alicyclic amines) is 1. The van der Waals surface area contributed by atoms with Crippen LogP contribution in [0.15, 0.2) is 48.5 Å². The van der Waals surface area contributed by atoms with E-state index in [0.717, 1.165) is 44.0 Å². The van der Waals surface area contributed by atoms with E-state index in [1.54, 1.807) is 31.4 Å². The van der Waals surface area contributed by atoms with Gasteiger partial charge < -0.3 is 15.8 Å². The van der Waals surface area contributed by atoms with Crippen LogP contribution in [0.1, 0.15) is 29.3 Å². The molecule has 1 heterocycles. The smallest absolute Gasteiger partial charge is 0.255 e. The van der Waals surface area contributed by atoms with Gasteiger partial charge in [-0.25, -0.2) is 0 Å². The summed E-state index contributed by atoms with van der Waals surface area (Å²) in [5.41, 5.74) is 8.73. The molecule has 1 fully saturated rings. The Morgan fingerprint density at radius 2 is 2.04 bits per heavy atom. The number of carbonyl (C=O) groups is 1. The molecule has 0 aliphatic carbocycles. The largest absolute Gasteiger partial charge is 0.497 e. The second kappa shape index (κ2) is 7.89. The Kier molecular flexibility index (Phi) is 5.59. The van der Waals surface area contributed by atoms with Crippen molar-refractivity contribution >= 4 is 11.6 Å². The van der Waals surface area contributed by atoms with E-state index < -0.39 is 0 Å². The molecule has 2 aromatic carbocycles. The minimum atomic E-state index is -0.123. The van der Waals surface area contributed by atoms with Crippen LogP contribution in [0.5, 0.6) is 5.75 Å². The summed E-state index contributed by atoms with van der Waals surface area (Å²) in [6.45, 7) is 5.93. The number of anilines is 1. The molecule has 1 saturated heterocycles. The Labute approximate surface area is 155 Å². The standard InChI is InChI=1S/C21H27N3O2/c1-21(14-22)10-11-24(15-21)13-16-4-3-5-18(12-16)23-20(25)17-6-8-19(26-2)9-7-17/h3-9,12H,10-11,13-15,22H2,1-2H3,(H,23,25). The van der Waals surface area contributed by atoms with E-state index in [1.165, 1.54) is 5.56 Å². The van der Waals surface area contributed by atoms with Gasteiger partial charge >= 0.3 is 0 Å². The van der Waals surface area contributed by atoms with Crippen molar-refractivity contribution in [2.75, 3.05) is 32.1 Å². The van der Waals surface area contributed by atoms with Gasteiger partial charge in [0.05, 0.1) is 7.11 Å². The normalized spacial score (nSPS) is 20.1. The average Bonchev–Trinajstić information content (AvgIpc) is 3.03. The number of nitrogens with two attached hydrogens (primary N) is 1. The molecule has 0 spiro atoms. The topological polar surface area (TPSA) is 67.6 Å². The zero-order chi connectivity index (χ0) is 18.6. The van der Waals surface area contributed by atoms with E-state index in [2.05, 4.69) is 23.2 Å². The van der Waals surface area contributed by atoms with E-state index in [4.69, 9.17) is 10.5 Å². The lowest BCUT2D eigenvalue weighted by Crippen LogP contribution is -2.31. The highest BCUT2D eigenvalue weighted by Gasteiger charge is 2.32. The highest BCUT2D eigenvalue weighted by molar-refractivity contribution is 6.04. The van der Waals surface area contributed by atoms with Crippen LogP contribution in [0.4, 0.5) is 5.69 Å². The number of rotatable bonds is 6. The first-order valence-corrected chi connectivity index (χ1v) is 8.98. The maximum atomic E-state index is 12.4. The summed E-state index contributed by atoms with van der Waals surface area (Å²) in [4.78, 5) is 14.8. The molecule has 1 amide bonds. The molecule has 0 aromatic heterocycles. The van der Waals surface area contributed by atoms with Crippen molar-refractivity contribution in [2.24, 2.45) is 11.1 Å². The lowest BCUT2D eigenvalue weighted by atomic mass is 9.90. The molecular weight excluding hydrogens is 326 g/mol. The summed E-state index contributed by atoms with van der Waals surface area (Å²) >= 11 is 0. The number of carbonyl (C=O) groups excluding carboxylic acids is 1. The third-order valence-corrected chi connectivity index (χ3v) is 5.07. The average molecular weight is 353 g/mol. The van der Waals surface area contributed by atoms with Gasteiger partial charge in [-0.2, -0.15) is 0 Å². The molecule has 0 radical (unpaired) electrons. The van der Waals surface area contributed by atoms with Crippen molar-refractivity contribution in [1.82, 2.24) is 4.90 Å². The Morgan fingerprint density at radius 1 is 1.27 bits per heavy atom. The molecule has 1 unspecified atom stereocenters. The summed E-state index contributed by atoms with van der Waals surface area (Å²) in [5, 5.41) is 2.97. The number of benzene rings is 2. The van der Waals surface area contributed by atoms with Crippen LogP contribution in [0.2, 0.25) is 0 Å². The molecule has 138 valence electrons. The zero-order valence-corrected chi connectivity index (χ0v) is 15.5. The third-order valence-electron chi connectivity index (χ3n) is 5.07. The van der Waals surface area contributed by atoms with Gasteiger partial charge in [-0.05, 0) is 66.9 Å². The van der Waals surface area contributed by atoms with Gasteiger partial charge in [0.15, 0.2) is 0 Å². The summed E-state index contributed by atoms with van der Waals surface area (Å²) in [6.07, 6.45) is 1.14. The van der Waals surface area contributed by atoms with Crippen LogP contribution in [-0.2, 0) is 6.54 Å². The number of hydrogen-bond acceptors (Lipinski definition) is 4. The number of hydrogen-bond donors (Lipinski definition) is 2. The van der Waals surface area contributed by atoms with Crippen LogP contribution >= 0.6 is 0 Å². The zero-order valence-electron chi connectivity index (χ0n) is 15.5. The summed E-state index contributed by atoms with van der Waals surface area (Å²) < 4.78 is 5.12. The molecule has 1 aliphatic heterocycles. The van der Waals surface area contributed by atoms with E-state index in [1.807, 2.05) is 18.2 Å². The Morgan fingerprint density at radius 3 is 2.69 bits per heavy atom. The van der Waals surface area contributed by atoms with Crippen molar-refractivity contribution in [3.05, 3.63) is 59.7 Å². The predicted molar refractivity (Wildman–Crippen MR) is 104 cm³/mol. The maximum absolute atomic E-state index is 12.4. The molecular formula is C21H27N3O2. The number of ether oxygens (including phenoxy) is 1. The third kappa shape index (κ3) is 4.42. The van der Waals surface area contributed by atoms with Crippen LogP contribution in [0.3, 0.4) is 0 Å². The van der Waals surface area contributed by atoms with Crippen molar-refractivity contribution in [3.8, 4) is 5.75 Å². The van der Waals surface area contributed by atoms with Gasteiger partial charge in [0.2, 0.25) is 0 Å². The SMILES string of the molecule is COc1ccc(C(=O)Nc2cccc(CN3CCC(C)(CN)C3)c2)cc1. The molecule has 1 atom stereocenters. The Bertz CT molecular complexity index is 760. The Balaban J connectivity index is 1.62. The van der Waals surface area contributed by atoms with Crippen molar-refractivity contribution in [1.29, 1.82) is 0 Å². The predicted octanol–water partition coefficient (Wildman–Crippen LogP) is 3.12. The number of nitrogens with one attached hydrogen (secondary N) is 1. The van der Waals surface area contributed by atoms with Crippen molar-refractivity contribution in [3.63, 3.8) is 0 Å². The van der Waals surface area contributed by atoms with Gasteiger partial charge in [-0.3, -0.25) is 9.69 Å². The first-order chi connectivity index (χ1) is 12.5. The second-order valence-corrected chi connectivity index (χ2v) is 7.36. The van der Waals surface area contributed by atoms with E-state index in [9.17, 15) is 4.79 Å². The van der Waals surface area contributed by atoms with Gasteiger partial charge in [0, 0.05) is 24.3 Å². The molecule has 1 aliphatic rings. The van der Waals surface area contributed by atoms with Crippen molar-refractivity contribution < 1.29 is 9.53 Å². The molecule has 3 rings (SSSR count). The molecule has 3 N–H and O–H groups in total. The van der Waals surface area contributed by atoms with Crippen molar-refractivity contribution in [2.45, 2.75) is 19.9 Å². The summed E-state index contributed by atoms with van der Waals surface area (Å²) in [7, 11) is 1.61. The van der Waals surface area contributed by atoms with Crippen LogP contribution in [0, 0.1) is 5.41 Å². The fraction of sp³-hybridized carbons (Fsp3) is 0.381. The number of amides is 1. The first kappa shape index (κ1) is 18.4. The van der Waals surface area contributed by atoms with Gasteiger partial charge in [-0.15, -0.1) is 0 Å². The minimum absolute atomic E-state index is 0.123. The van der Waals surface area contributed by atoms with E-state index in [-0.39, 0.29) is 11.3 Å². The monoisotopic (exact) mass is 353 g/mol. The highest BCUT2D eigenvalue weighted by atomic mass is 16.5. The fourth-order valence-corrected chi connectivity index (χ4v) is 3.38. The quantitative estimate of drug-likeness (QED) is 0.837. The molecule has 26 heavy (non-hydrogen) atoms. The molecule has 0 bridgehead atoms. The van der Waals surface area contributed by atoms with E-state index in [0.29, 0.717) is 5.56 Å². The molecule has 5 heteroatoms. The van der Waals surface area contributed by atoms with E-state index >= 15 is 0 Å². The van der Waals surface area contributed by atoms with Crippen LogP contribution in [-0.4, -0.2) is 37.6 Å². The summed E-state index contributed by atoms with van der Waals surface area (Å²) in [6, 6.07) is 15.1. The minimum Gasteiger partial charge on any atom is -0.497 e. The molecule has 5 nitrogen and oxygen atoms in total.